The zero-order valence-corrected chi connectivity index (χ0v) is 10.4. The van der Waals surface area contributed by atoms with E-state index in [0.717, 1.165) is 4.90 Å². The third kappa shape index (κ3) is 6.43. The molecular formula is C11H19N3O3. The van der Waals surface area contributed by atoms with Gasteiger partial charge >= 0.3 is 12.0 Å². The number of urea groups is 1. The minimum absolute atomic E-state index is 0.0194. The molecule has 0 fully saturated rings. The zero-order chi connectivity index (χ0) is 13.4. The summed E-state index contributed by atoms with van der Waals surface area (Å²) in [6.07, 6.45) is 5.07. The molecule has 1 unspecified atom stereocenters. The standard InChI is InChI=1S/C11H19N3O3/c1-5-6-14(8-10(15)16)11(17)12-7-9(2)13(3)4/h1,9H,6-8H2,2-4H3,(H,12,17)(H,15,16). The van der Waals surface area contributed by atoms with Crippen molar-refractivity contribution >= 4 is 12.0 Å². The number of carboxylic acid groups (broad SMARTS) is 1. The summed E-state index contributed by atoms with van der Waals surface area (Å²) in [7, 11) is 3.79. The Labute approximate surface area is 102 Å². The van der Waals surface area contributed by atoms with Crippen molar-refractivity contribution in [2.75, 3.05) is 33.7 Å². The van der Waals surface area contributed by atoms with Gasteiger partial charge in [0, 0.05) is 12.6 Å². The Hall–Kier alpha value is -1.74. The van der Waals surface area contributed by atoms with Gasteiger partial charge in [-0.15, -0.1) is 6.42 Å². The molecule has 0 heterocycles. The third-order valence-electron chi connectivity index (χ3n) is 2.33. The topological polar surface area (TPSA) is 72.9 Å². The first-order valence-corrected chi connectivity index (χ1v) is 5.23. The predicted octanol–water partition coefficient (Wildman–Crippen LogP) is -0.334. The Morgan fingerprint density at radius 2 is 2.06 bits per heavy atom. The number of terminal acetylenes is 1. The van der Waals surface area contributed by atoms with Crippen molar-refractivity contribution in [3.05, 3.63) is 0 Å². The highest BCUT2D eigenvalue weighted by Gasteiger charge is 2.16. The normalized spacial score (nSPS) is 11.7. The Kier molecular flexibility index (Phi) is 6.75. The molecule has 0 aromatic carbocycles. The van der Waals surface area contributed by atoms with Crippen LogP contribution in [-0.2, 0) is 4.79 Å². The van der Waals surface area contributed by atoms with Gasteiger partial charge in [-0.3, -0.25) is 4.79 Å². The molecule has 6 nitrogen and oxygen atoms in total. The molecule has 0 saturated heterocycles. The summed E-state index contributed by atoms with van der Waals surface area (Å²) in [6.45, 7) is 1.97. The van der Waals surface area contributed by atoms with Gasteiger partial charge in [0.1, 0.15) is 6.54 Å². The number of nitrogens with zero attached hydrogens (tertiary/aromatic N) is 2. The average molecular weight is 241 g/mol. The smallest absolute Gasteiger partial charge is 0.323 e. The summed E-state index contributed by atoms with van der Waals surface area (Å²) in [5.41, 5.74) is 0. The lowest BCUT2D eigenvalue weighted by molar-refractivity contribution is -0.137. The number of amides is 2. The first-order chi connectivity index (χ1) is 7.88. The molecule has 0 rings (SSSR count). The van der Waals surface area contributed by atoms with E-state index in [1.165, 1.54) is 0 Å². The molecule has 0 aliphatic carbocycles. The van der Waals surface area contributed by atoms with Crippen LogP contribution < -0.4 is 5.32 Å². The van der Waals surface area contributed by atoms with E-state index in [4.69, 9.17) is 11.5 Å². The van der Waals surface area contributed by atoms with Gasteiger partial charge in [-0.05, 0) is 21.0 Å². The number of nitrogens with one attached hydrogen (secondary N) is 1. The van der Waals surface area contributed by atoms with Crippen LogP contribution in [0.1, 0.15) is 6.92 Å². The number of hydrogen-bond acceptors (Lipinski definition) is 3. The second-order valence-corrected chi connectivity index (χ2v) is 3.95. The summed E-state index contributed by atoms with van der Waals surface area (Å²) >= 11 is 0. The molecule has 1 atom stereocenters. The lowest BCUT2D eigenvalue weighted by Gasteiger charge is -2.23. The van der Waals surface area contributed by atoms with Gasteiger partial charge in [0.05, 0.1) is 6.54 Å². The van der Waals surface area contributed by atoms with Crippen LogP contribution in [-0.4, -0.2) is 66.7 Å². The summed E-state index contributed by atoms with van der Waals surface area (Å²) in [6, 6.07) is -0.296. The number of carbonyl (C=O) groups excluding carboxylic acids is 1. The van der Waals surface area contributed by atoms with Crippen molar-refractivity contribution in [1.82, 2.24) is 15.1 Å². The van der Waals surface area contributed by atoms with E-state index in [1.54, 1.807) is 0 Å². The van der Waals surface area contributed by atoms with Crippen LogP contribution in [0.5, 0.6) is 0 Å². The molecule has 0 saturated carbocycles. The quantitative estimate of drug-likeness (QED) is 0.624. The van der Waals surface area contributed by atoms with E-state index in [0.29, 0.717) is 6.54 Å². The molecule has 0 aromatic rings. The van der Waals surface area contributed by atoms with E-state index in [2.05, 4.69) is 11.2 Å². The van der Waals surface area contributed by atoms with Gasteiger partial charge in [-0.25, -0.2) is 4.79 Å². The maximum atomic E-state index is 11.6. The largest absolute Gasteiger partial charge is 0.480 e. The Balaban J connectivity index is 4.24. The van der Waals surface area contributed by atoms with E-state index < -0.39 is 18.5 Å². The second-order valence-electron chi connectivity index (χ2n) is 3.95. The Bertz CT molecular complexity index is 310. The van der Waals surface area contributed by atoms with Crippen LogP contribution >= 0.6 is 0 Å². The van der Waals surface area contributed by atoms with Crippen LogP contribution in [0.2, 0.25) is 0 Å². The Morgan fingerprint density at radius 1 is 1.47 bits per heavy atom. The minimum atomic E-state index is -1.09. The lowest BCUT2D eigenvalue weighted by atomic mass is 10.3. The van der Waals surface area contributed by atoms with Crippen molar-refractivity contribution in [3.8, 4) is 12.3 Å². The highest BCUT2D eigenvalue weighted by molar-refractivity contribution is 5.80. The first kappa shape index (κ1) is 15.3. The van der Waals surface area contributed by atoms with Crippen molar-refractivity contribution in [2.24, 2.45) is 0 Å². The van der Waals surface area contributed by atoms with Crippen LogP contribution in [0.15, 0.2) is 0 Å². The van der Waals surface area contributed by atoms with Gasteiger partial charge in [-0.2, -0.15) is 0 Å². The molecule has 0 spiro atoms. The van der Waals surface area contributed by atoms with Gasteiger partial charge in [0.25, 0.3) is 0 Å². The number of aliphatic carboxylic acids is 1. The van der Waals surface area contributed by atoms with Crippen molar-refractivity contribution in [3.63, 3.8) is 0 Å². The molecule has 2 amide bonds. The molecule has 6 heteroatoms. The van der Waals surface area contributed by atoms with E-state index in [1.807, 2.05) is 25.9 Å². The molecule has 0 aromatic heterocycles. The fourth-order valence-electron chi connectivity index (χ4n) is 1.00. The fourth-order valence-corrected chi connectivity index (χ4v) is 1.00. The zero-order valence-electron chi connectivity index (χ0n) is 10.4. The van der Waals surface area contributed by atoms with Crippen LogP contribution in [0, 0.1) is 12.3 Å². The summed E-state index contributed by atoms with van der Waals surface area (Å²) in [5, 5.41) is 11.3. The molecule has 17 heavy (non-hydrogen) atoms. The number of carboxylic acids is 1. The minimum Gasteiger partial charge on any atom is -0.480 e. The van der Waals surface area contributed by atoms with E-state index >= 15 is 0 Å². The van der Waals surface area contributed by atoms with Gasteiger partial charge in [0.2, 0.25) is 0 Å². The second kappa shape index (κ2) is 7.52. The molecule has 2 N–H and O–H groups in total. The van der Waals surface area contributed by atoms with Gasteiger partial charge in [0.15, 0.2) is 0 Å². The third-order valence-corrected chi connectivity index (χ3v) is 2.33. The molecule has 0 radical (unpaired) electrons. The fraction of sp³-hybridized carbons (Fsp3) is 0.636. The molecule has 0 aliphatic rings. The van der Waals surface area contributed by atoms with E-state index in [9.17, 15) is 9.59 Å². The average Bonchev–Trinajstić information content (AvgIpc) is 2.23. The number of rotatable bonds is 6. The van der Waals surface area contributed by atoms with Crippen LogP contribution in [0.4, 0.5) is 4.79 Å². The summed E-state index contributed by atoms with van der Waals surface area (Å²) in [4.78, 5) is 25.2. The maximum Gasteiger partial charge on any atom is 0.323 e. The molecular weight excluding hydrogens is 222 g/mol. The predicted molar refractivity (Wildman–Crippen MR) is 64.6 cm³/mol. The molecule has 0 bridgehead atoms. The van der Waals surface area contributed by atoms with Crippen LogP contribution in [0.3, 0.4) is 0 Å². The van der Waals surface area contributed by atoms with E-state index in [-0.39, 0.29) is 12.6 Å². The van der Waals surface area contributed by atoms with Gasteiger partial charge in [-0.1, -0.05) is 5.92 Å². The number of likely N-dealkylation sites (N-methyl/N-ethyl adjacent to an activating group) is 1. The Morgan fingerprint density at radius 3 is 2.47 bits per heavy atom. The SMILES string of the molecule is C#CCN(CC(=O)O)C(=O)NCC(C)N(C)C. The number of carbonyl (C=O) groups is 2. The van der Waals surface area contributed by atoms with Gasteiger partial charge < -0.3 is 20.2 Å². The molecule has 0 aliphatic heterocycles. The monoisotopic (exact) mass is 241 g/mol. The number of hydrogen-bond donors (Lipinski definition) is 2. The maximum absolute atomic E-state index is 11.6. The first-order valence-electron chi connectivity index (χ1n) is 5.23. The summed E-state index contributed by atoms with van der Waals surface area (Å²) in [5.74, 6) is 1.17. The van der Waals surface area contributed by atoms with Crippen molar-refractivity contribution in [1.29, 1.82) is 0 Å². The summed E-state index contributed by atoms with van der Waals surface area (Å²) < 4.78 is 0. The van der Waals surface area contributed by atoms with Crippen molar-refractivity contribution in [2.45, 2.75) is 13.0 Å². The highest BCUT2D eigenvalue weighted by Crippen LogP contribution is 1.92. The highest BCUT2D eigenvalue weighted by atomic mass is 16.4. The van der Waals surface area contributed by atoms with Crippen LogP contribution in [0.25, 0.3) is 0 Å². The van der Waals surface area contributed by atoms with Crippen molar-refractivity contribution < 1.29 is 14.7 Å². The molecule has 96 valence electrons. The lowest BCUT2D eigenvalue weighted by Crippen LogP contribution is -2.46.